The number of nitrogens with one attached hydrogen (secondary N) is 1. The van der Waals surface area contributed by atoms with Crippen LogP contribution in [0.1, 0.15) is 20.9 Å². The zero-order valence-electron chi connectivity index (χ0n) is 11.7. The lowest BCUT2D eigenvalue weighted by Crippen LogP contribution is -2.33. The molecule has 1 heterocycles. The summed E-state index contributed by atoms with van der Waals surface area (Å²) in [5.74, 6) is -1.53. The number of rotatable bonds is 5. The average Bonchev–Trinajstić information content (AvgIpc) is 3.07. The molecule has 0 unspecified atom stereocenters. The van der Waals surface area contributed by atoms with E-state index in [-0.39, 0.29) is 11.3 Å². The third kappa shape index (κ3) is 3.95. The van der Waals surface area contributed by atoms with E-state index in [2.05, 4.69) is 0 Å². The van der Waals surface area contributed by atoms with E-state index in [0.29, 0.717) is 5.75 Å². The SMILES string of the molecule is COc1ccc(C(=O)OCC(=O)NC(=O)c2ccco2)cc1. The third-order valence-corrected chi connectivity index (χ3v) is 2.66. The second kappa shape index (κ2) is 7.07. The molecule has 0 fully saturated rings. The largest absolute Gasteiger partial charge is 0.497 e. The topological polar surface area (TPSA) is 94.8 Å². The molecule has 1 aromatic carbocycles. The Bertz CT molecular complexity index is 660. The number of esters is 1. The number of hydrogen-bond acceptors (Lipinski definition) is 6. The standard InChI is InChI=1S/C15H13NO6/c1-20-11-6-4-10(5-7-11)15(19)22-9-13(17)16-14(18)12-3-2-8-21-12/h2-8H,9H2,1H3,(H,16,17,18). The minimum absolute atomic E-state index is 0.00479. The molecule has 0 atom stereocenters. The molecule has 0 spiro atoms. The van der Waals surface area contributed by atoms with Gasteiger partial charge in [0.15, 0.2) is 12.4 Å². The lowest BCUT2D eigenvalue weighted by atomic mass is 10.2. The maximum absolute atomic E-state index is 11.7. The monoisotopic (exact) mass is 303 g/mol. The number of carbonyl (C=O) groups excluding carboxylic acids is 3. The second-order valence-electron chi connectivity index (χ2n) is 4.16. The molecular formula is C15H13NO6. The first kappa shape index (κ1) is 15.3. The summed E-state index contributed by atoms with van der Waals surface area (Å²) >= 11 is 0. The van der Waals surface area contributed by atoms with E-state index < -0.39 is 24.4 Å². The van der Waals surface area contributed by atoms with Crippen molar-refractivity contribution in [2.75, 3.05) is 13.7 Å². The Hall–Kier alpha value is -3.09. The van der Waals surface area contributed by atoms with Crippen LogP contribution in [0.25, 0.3) is 0 Å². The van der Waals surface area contributed by atoms with E-state index in [9.17, 15) is 14.4 Å². The van der Waals surface area contributed by atoms with Gasteiger partial charge < -0.3 is 13.9 Å². The molecule has 114 valence electrons. The summed E-state index contributed by atoms with van der Waals surface area (Å²) < 4.78 is 14.6. The van der Waals surface area contributed by atoms with Crippen molar-refractivity contribution in [1.29, 1.82) is 0 Å². The average molecular weight is 303 g/mol. The molecule has 0 bridgehead atoms. The van der Waals surface area contributed by atoms with Gasteiger partial charge in [-0.2, -0.15) is 0 Å². The van der Waals surface area contributed by atoms with Crippen LogP contribution in [0.4, 0.5) is 0 Å². The Balaban J connectivity index is 1.82. The molecule has 0 aliphatic heterocycles. The van der Waals surface area contributed by atoms with Crippen molar-refractivity contribution in [3.05, 3.63) is 54.0 Å². The number of benzene rings is 1. The van der Waals surface area contributed by atoms with Crippen LogP contribution >= 0.6 is 0 Å². The van der Waals surface area contributed by atoms with Gasteiger partial charge in [-0.1, -0.05) is 0 Å². The Labute approximate surface area is 125 Å². The van der Waals surface area contributed by atoms with E-state index >= 15 is 0 Å². The summed E-state index contributed by atoms with van der Waals surface area (Å²) in [4.78, 5) is 34.8. The fourth-order valence-electron chi connectivity index (χ4n) is 1.57. The molecule has 0 aliphatic carbocycles. The quantitative estimate of drug-likeness (QED) is 0.839. The van der Waals surface area contributed by atoms with E-state index in [0.717, 1.165) is 0 Å². The lowest BCUT2D eigenvalue weighted by molar-refractivity contribution is -0.123. The van der Waals surface area contributed by atoms with Gasteiger partial charge >= 0.3 is 5.97 Å². The molecule has 0 radical (unpaired) electrons. The Kier molecular flexibility index (Phi) is 4.92. The van der Waals surface area contributed by atoms with Gasteiger partial charge in [0, 0.05) is 0 Å². The van der Waals surface area contributed by atoms with Crippen molar-refractivity contribution in [2.45, 2.75) is 0 Å². The normalized spacial score (nSPS) is 9.86. The van der Waals surface area contributed by atoms with Gasteiger partial charge in [0.1, 0.15) is 5.75 Å². The third-order valence-electron chi connectivity index (χ3n) is 2.66. The van der Waals surface area contributed by atoms with E-state index in [1.54, 1.807) is 12.1 Å². The molecule has 2 aromatic rings. The summed E-state index contributed by atoms with van der Waals surface area (Å²) in [6.07, 6.45) is 1.31. The molecule has 0 saturated carbocycles. The molecule has 1 aromatic heterocycles. The van der Waals surface area contributed by atoms with Gasteiger partial charge in [-0.05, 0) is 36.4 Å². The highest BCUT2D eigenvalue weighted by atomic mass is 16.5. The van der Waals surface area contributed by atoms with Gasteiger partial charge in [-0.15, -0.1) is 0 Å². The summed E-state index contributed by atoms with van der Waals surface area (Å²) in [6, 6.07) is 9.13. The molecule has 22 heavy (non-hydrogen) atoms. The highest BCUT2D eigenvalue weighted by molar-refractivity contribution is 6.04. The number of furan rings is 1. The predicted molar refractivity (Wildman–Crippen MR) is 74.5 cm³/mol. The molecule has 7 nitrogen and oxygen atoms in total. The smallest absolute Gasteiger partial charge is 0.338 e. The van der Waals surface area contributed by atoms with E-state index in [4.69, 9.17) is 13.9 Å². The molecule has 7 heteroatoms. The number of methoxy groups -OCH3 is 1. The Morgan fingerprint density at radius 3 is 2.45 bits per heavy atom. The first-order valence-electron chi connectivity index (χ1n) is 6.29. The van der Waals surface area contributed by atoms with E-state index in [1.165, 1.54) is 37.6 Å². The van der Waals surface area contributed by atoms with Crippen LogP contribution in [-0.2, 0) is 9.53 Å². The van der Waals surface area contributed by atoms with Crippen molar-refractivity contribution >= 4 is 17.8 Å². The lowest BCUT2D eigenvalue weighted by Gasteiger charge is -2.05. The maximum Gasteiger partial charge on any atom is 0.338 e. The van der Waals surface area contributed by atoms with Crippen LogP contribution in [0.3, 0.4) is 0 Å². The van der Waals surface area contributed by atoms with Crippen molar-refractivity contribution < 1.29 is 28.3 Å². The fraction of sp³-hybridized carbons (Fsp3) is 0.133. The molecule has 2 rings (SSSR count). The summed E-state index contributed by atoms with van der Waals surface area (Å²) in [6.45, 7) is -0.572. The summed E-state index contributed by atoms with van der Waals surface area (Å²) in [5, 5.41) is 2.04. The van der Waals surface area contributed by atoms with Crippen LogP contribution in [0.15, 0.2) is 47.1 Å². The van der Waals surface area contributed by atoms with Gasteiger partial charge in [0.05, 0.1) is 18.9 Å². The van der Waals surface area contributed by atoms with Gasteiger partial charge in [-0.25, -0.2) is 4.79 Å². The first-order chi connectivity index (χ1) is 10.6. The van der Waals surface area contributed by atoms with Crippen molar-refractivity contribution in [1.82, 2.24) is 5.32 Å². The van der Waals surface area contributed by atoms with Crippen molar-refractivity contribution in [3.8, 4) is 5.75 Å². The minimum atomic E-state index is -0.747. The van der Waals surface area contributed by atoms with Crippen LogP contribution < -0.4 is 10.1 Å². The minimum Gasteiger partial charge on any atom is -0.497 e. The first-order valence-corrected chi connectivity index (χ1v) is 6.29. The zero-order valence-corrected chi connectivity index (χ0v) is 11.7. The van der Waals surface area contributed by atoms with Gasteiger partial charge in [0.2, 0.25) is 0 Å². The highest BCUT2D eigenvalue weighted by Gasteiger charge is 2.15. The Morgan fingerprint density at radius 2 is 1.86 bits per heavy atom. The number of hydrogen-bond donors (Lipinski definition) is 1. The number of amides is 2. The number of imide groups is 1. The van der Waals surface area contributed by atoms with Crippen LogP contribution in [0.2, 0.25) is 0 Å². The zero-order chi connectivity index (χ0) is 15.9. The number of ether oxygens (including phenoxy) is 2. The summed E-state index contributed by atoms with van der Waals surface area (Å²) in [7, 11) is 1.51. The molecule has 0 aliphatic rings. The van der Waals surface area contributed by atoms with Crippen LogP contribution in [0, 0.1) is 0 Å². The summed E-state index contributed by atoms with van der Waals surface area (Å²) in [5.41, 5.74) is 0.269. The fourth-order valence-corrected chi connectivity index (χ4v) is 1.57. The van der Waals surface area contributed by atoms with Crippen molar-refractivity contribution in [2.24, 2.45) is 0 Å². The highest BCUT2D eigenvalue weighted by Crippen LogP contribution is 2.11. The second-order valence-corrected chi connectivity index (χ2v) is 4.16. The van der Waals surface area contributed by atoms with Gasteiger partial charge in [-0.3, -0.25) is 14.9 Å². The molecule has 2 amide bonds. The Morgan fingerprint density at radius 1 is 1.14 bits per heavy atom. The van der Waals surface area contributed by atoms with Crippen LogP contribution in [0.5, 0.6) is 5.75 Å². The maximum atomic E-state index is 11.7. The molecule has 0 saturated heterocycles. The van der Waals surface area contributed by atoms with E-state index in [1.807, 2.05) is 5.32 Å². The van der Waals surface area contributed by atoms with Crippen molar-refractivity contribution in [3.63, 3.8) is 0 Å². The predicted octanol–water partition coefficient (Wildman–Crippen LogP) is 1.40. The van der Waals surface area contributed by atoms with Crippen LogP contribution in [-0.4, -0.2) is 31.5 Å². The number of carbonyl (C=O) groups is 3. The molecular weight excluding hydrogens is 290 g/mol. The van der Waals surface area contributed by atoms with Gasteiger partial charge in [0.25, 0.3) is 11.8 Å². The molecule has 1 N–H and O–H groups in total.